The van der Waals surface area contributed by atoms with Gasteiger partial charge in [-0.25, -0.2) is 0 Å². The van der Waals surface area contributed by atoms with Gasteiger partial charge in [0, 0.05) is 30.1 Å². The molecule has 4 heteroatoms. The molecule has 0 bridgehead atoms. The Bertz CT molecular complexity index is 357. The maximum absolute atomic E-state index is 5.89. The van der Waals surface area contributed by atoms with Crippen molar-refractivity contribution in [3.63, 3.8) is 0 Å². The van der Waals surface area contributed by atoms with Crippen LogP contribution < -0.4 is 5.73 Å². The average Bonchev–Trinajstić information content (AvgIpc) is 2.56. The summed E-state index contributed by atoms with van der Waals surface area (Å²) in [5, 5.41) is 0. The molecule has 1 aliphatic heterocycles. The second kappa shape index (κ2) is 6.01. The Balaban J connectivity index is 0.00000128. The van der Waals surface area contributed by atoms with Crippen LogP contribution in [0.25, 0.3) is 0 Å². The topological polar surface area (TPSA) is 29.3 Å². The molecule has 1 aliphatic rings. The summed E-state index contributed by atoms with van der Waals surface area (Å²) in [7, 11) is 0. The van der Waals surface area contributed by atoms with Crippen LogP contribution in [0.2, 0.25) is 0 Å². The lowest BCUT2D eigenvalue weighted by Gasteiger charge is -2.16. The van der Waals surface area contributed by atoms with E-state index in [-0.39, 0.29) is 12.4 Å². The first-order valence-corrected chi connectivity index (χ1v) is 6.17. The van der Waals surface area contributed by atoms with E-state index in [1.807, 2.05) is 0 Å². The molecule has 16 heavy (non-hydrogen) atoms. The van der Waals surface area contributed by atoms with E-state index in [0.717, 1.165) is 26.1 Å². The molecule has 0 aliphatic carbocycles. The highest BCUT2D eigenvalue weighted by atomic mass is 79.9. The normalized spacial score (nSPS) is 20.8. The Morgan fingerprint density at radius 2 is 2.25 bits per heavy atom. The van der Waals surface area contributed by atoms with Crippen LogP contribution in [-0.4, -0.2) is 24.0 Å². The van der Waals surface area contributed by atoms with Gasteiger partial charge in [-0.2, -0.15) is 0 Å². The van der Waals surface area contributed by atoms with Crippen molar-refractivity contribution in [1.82, 2.24) is 4.90 Å². The zero-order chi connectivity index (χ0) is 10.8. The van der Waals surface area contributed by atoms with Crippen LogP contribution in [0.15, 0.2) is 22.7 Å². The lowest BCUT2D eigenvalue weighted by molar-refractivity contribution is 0.326. The monoisotopic (exact) mass is 304 g/mol. The minimum Gasteiger partial charge on any atom is -0.326 e. The fraction of sp³-hybridized carbons (Fsp3) is 0.500. The molecule has 1 aromatic rings. The van der Waals surface area contributed by atoms with E-state index in [1.54, 1.807) is 0 Å². The number of nitrogens with two attached hydrogens (primary N) is 1. The number of hydrogen-bond acceptors (Lipinski definition) is 2. The maximum Gasteiger partial charge on any atom is 0.0245 e. The molecule has 90 valence electrons. The first kappa shape index (κ1) is 14.0. The van der Waals surface area contributed by atoms with E-state index in [1.165, 1.54) is 15.6 Å². The van der Waals surface area contributed by atoms with Gasteiger partial charge in [0.25, 0.3) is 0 Å². The highest BCUT2D eigenvalue weighted by Gasteiger charge is 2.19. The van der Waals surface area contributed by atoms with Gasteiger partial charge >= 0.3 is 0 Å². The number of benzene rings is 1. The minimum atomic E-state index is 0. The number of aryl methyl sites for hydroxylation is 1. The molecule has 1 saturated heterocycles. The number of hydrogen-bond donors (Lipinski definition) is 1. The Morgan fingerprint density at radius 1 is 1.50 bits per heavy atom. The van der Waals surface area contributed by atoms with Gasteiger partial charge in [-0.05, 0) is 30.5 Å². The van der Waals surface area contributed by atoms with Gasteiger partial charge in [-0.3, -0.25) is 4.90 Å². The molecular formula is C12H18BrClN2. The second-order valence-corrected chi connectivity index (χ2v) is 5.23. The third-order valence-corrected chi connectivity index (χ3v) is 3.65. The molecule has 2 rings (SSSR count). The molecular weight excluding hydrogens is 288 g/mol. The molecule has 1 aromatic carbocycles. The van der Waals surface area contributed by atoms with Crippen molar-refractivity contribution in [2.75, 3.05) is 13.1 Å². The van der Waals surface area contributed by atoms with Crippen LogP contribution >= 0.6 is 28.3 Å². The number of halogens is 2. The predicted molar refractivity (Wildman–Crippen MR) is 74.0 cm³/mol. The SMILES string of the molecule is Cc1ccc(CN2CCC(N)C2)c(Br)c1.Cl. The van der Waals surface area contributed by atoms with Crippen LogP contribution in [0.3, 0.4) is 0 Å². The highest BCUT2D eigenvalue weighted by Crippen LogP contribution is 2.21. The Labute approximate surface area is 112 Å². The van der Waals surface area contributed by atoms with Crippen LogP contribution in [0, 0.1) is 6.92 Å². The summed E-state index contributed by atoms with van der Waals surface area (Å²) in [6.45, 7) is 5.27. The summed E-state index contributed by atoms with van der Waals surface area (Å²) < 4.78 is 1.21. The molecule has 1 atom stereocenters. The third kappa shape index (κ3) is 3.45. The van der Waals surface area contributed by atoms with Crippen molar-refractivity contribution < 1.29 is 0 Å². The standard InChI is InChI=1S/C12H17BrN2.ClH/c1-9-2-3-10(12(13)6-9)7-15-5-4-11(14)8-15;/h2-3,6,11H,4-5,7-8,14H2,1H3;1H. The van der Waals surface area contributed by atoms with E-state index < -0.39 is 0 Å². The Morgan fingerprint density at radius 3 is 2.81 bits per heavy atom. The molecule has 0 radical (unpaired) electrons. The van der Waals surface area contributed by atoms with Crippen molar-refractivity contribution in [3.05, 3.63) is 33.8 Å². The molecule has 0 spiro atoms. The van der Waals surface area contributed by atoms with Gasteiger partial charge in [0.2, 0.25) is 0 Å². The fourth-order valence-corrected chi connectivity index (χ4v) is 2.65. The smallest absolute Gasteiger partial charge is 0.0245 e. The van der Waals surface area contributed by atoms with E-state index in [9.17, 15) is 0 Å². The van der Waals surface area contributed by atoms with Crippen LogP contribution in [0.4, 0.5) is 0 Å². The summed E-state index contributed by atoms with van der Waals surface area (Å²) in [5.74, 6) is 0. The second-order valence-electron chi connectivity index (χ2n) is 4.38. The molecule has 1 fully saturated rings. The van der Waals surface area contributed by atoms with E-state index in [4.69, 9.17) is 5.73 Å². The van der Waals surface area contributed by atoms with Crippen molar-refractivity contribution in [2.24, 2.45) is 5.73 Å². The maximum atomic E-state index is 5.89. The molecule has 1 unspecified atom stereocenters. The van der Waals surface area contributed by atoms with Crippen LogP contribution in [0.5, 0.6) is 0 Å². The lowest BCUT2D eigenvalue weighted by Crippen LogP contribution is -2.26. The molecule has 0 saturated carbocycles. The van der Waals surface area contributed by atoms with Gasteiger partial charge in [0.05, 0.1) is 0 Å². The summed E-state index contributed by atoms with van der Waals surface area (Å²) in [5.41, 5.74) is 8.54. The number of rotatable bonds is 2. The zero-order valence-electron chi connectivity index (χ0n) is 9.45. The van der Waals surface area contributed by atoms with Crippen LogP contribution in [-0.2, 0) is 6.54 Å². The summed E-state index contributed by atoms with van der Waals surface area (Å²) in [4.78, 5) is 2.42. The van der Waals surface area contributed by atoms with Gasteiger partial charge in [-0.15, -0.1) is 12.4 Å². The summed E-state index contributed by atoms with van der Waals surface area (Å²) in [6.07, 6.45) is 1.13. The van der Waals surface area contributed by atoms with Crippen molar-refractivity contribution >= 4 is 28.3 Å². The fourth-order valence-electron chi connectivity index (χ4n) is 2.03. The van der Waals surface area contributed by atoms with Gasteiger partial charge in [-0.1, -0.05) is 28.1 Å². The van der Waals surface area contributed by atoms with E-state index in [0.29, 0.717) is 6.04 Å². The Kier molecular flexibility index (Phi) is 5.25. The van der Waals surface area contributed by atoms with Gasteiger partial charge < -0.3 is 5.73 Å². The predicted octanol–water partition coefficient (Wildman–Crippen LogP) is 2.71. The number of nitrogens with zero attached hydrogens (tertiary/aromatic N) is 1. The van der Waals surface area contributed by atoms with Gasteiger partial charge in [0.1, 0.15) is 0 Å². The zero-order valence-corrected chi connectivity index (χ0v) is 11.9. The summed E-state index contributed by atoms with van der Waals surface area (Å²) in [6, 6.07) is 6.90. The molecule has 2 N–H and O–H groups in total. The largest absolute Gasteiger partial charge is 0.326 e. The molecule has 1 heterocycles. The van der Waals surface area contributed by atoms with Crippen molar-refractivity contribution in [1.29, 1.82) is 0 Å². The molecule has 0 amide bonds. The quantitative estimate of drug-likeness (QED) is 0.910. The van der Waals surface area contributed by atoms with Gasteiger partial charge in [0.15, 0.2) is 0 Å². The highest BCUT2D eigenvalue weighted by molar-refractivity contribution is 9.10. The van der Waals surface area contributed by atoms with Crippen molar-refractivity contribution in [3.8, 4) is 0 Å². The average molecular weight is 306 g/mol. The van der Waals surface area contributed by atoms with Crippen molar-refractivity contribution in [2.45, 2.75) is 25.9 Å². The number of likely N-dealkylation sites (tertiary alicyclic amines) is 1. The third-order valence-electron chi connectivity index (χ3n) is 2.91. The van der Waals surface area contributed by atoms with E-state index >= 15 is 0 Å². The lowest BCUT2D eigenvalue weighted by atomic mass is 10.1. The van der Waals surface area contributed by atoms with E-state index in [2.05, 4.69) is 46.0 Å². The molecule has 2 nitrogen and oxygen atoms in total. The first-order valence-electron chi connectivity index (χ1n) is 5.38. The summed E-state index contributed by atoms with van der Waals surface area (Å²) >= 11 is 3.61. The molecule has 0 aromatic heterocycles. The first-order chi connectivity index (χ1) is 7.15. The van der Waals surface area contributed by atoms with Crippen LogP contribution in [0.1, 0.15) is 17.5 Å². The minimum absolute atomic E-state index is 0. The Hall–Kier alpha value is -0.0900.